The molecule has 0 bridgehead atoms. The number of piperidine rings is 1. The summed E-state index contributed by atoms with van der Waals surface area (Å²) in [7, 11) is 1.64. The molecule has 2 amide bonds. The molecule has 1 N–H and O–H groups in total. The molecular formula is C20H34N2O6. The number of methoxy groups -OCH3 is 1. The summed E-state index contributed by atoms with van der Waals surface area (Å²) in [5.41, 5.74) is -0.568. The zero-order valence-corrected chi connectivity index (χ0v) is 17.6. The minimum absolute atomic E-state index is 0.0428. The predicted octanol–water partition coefficient (Wildman–Crippen LogP) is 2.95. The van der Waals surface area contributed by atoms with Crippen molar-refractivity contribution in [2.75, 3.05) is 26.7 Å². The van der Waals surface area contributed by atoms with Crippen molar-refractivity contribution >= 4 is 12.2 Å². The van der Waals surface area contributed by atoms with Crippen molar-refractivity contribution in [3.8, 4) is 0 Å². The average molecular weight is 399 g/mol. The Morgan fingerprint density at radius 2 is 1.86 bits per heavy atom. The Balaban J connectivity index is 1.67. The maximum Gasteiger partial charge on any atom is 0.410 e. The van der Waals surface area contributed by atoms with Gasteiger partial charge >= 0.3 is 12.2 Å². The molecule has 8 heteroatoms. The highest BCUT2D eigenvalue weighted by atomic mass is 16.6. The van der Waals surface area contributed by atoms with Crippen molar-refractivity contribution < 1.29 is 28.9 Å². The van der Waals surface area contributed by atoms with E-state index in [2.05, 4.69) is 6.92 Å². The second-order valence-corrected chi connectivity index (χ2v) is 9.60. The van der Waals surface area contributed by atoms with Crippen molar-refractivity contribution in [1.82, 2.24) is 9.80 Å². The van der Waals surface area contributed by atoms with Crippen LogP contribution in [0.25, 0.3) is 0 Å². The Morgan fingerprint density at radius 1 is 1.21 bits per heavy atom. The summed E-state index contributed by atoms with van der Waals surface area (Å²) in [6.07, 6.45) is 1.88. The second-order valence-electron chi connectivity index (χ2n) is 9.60. The summed E-state index contributed by atoms with van der Waals surface area (Å²) in [5, 5.41) is 9.73. The molecule has 0 aromatic heterocycles. The van der Waals surface area contributed by atoms with Crippen LogP contribution < -0.4 is 0 Å². The average Bonchev–Trinajstić information content (AvgIpc) is 3.29. The highest BCUT2D eigenvalue weighted by Gasteiger charge is 2.55. The first-order valence-electron chi connectivity index (χ1n) is 10.2. The summed E-state index contributed by atoms with van der Waals surface area (Å²) in [6.45, 7) is 9.14. The van der Waals surface area contributed by atoms with Gasteiger partial charge in [0.25, 0.3) is 0 Å². The Labute approximate surface area is 167 Å². The Morgan fingerprint density at radius 3 is 2.36 bits per heavy atom. The van der Waals surface area contributed by atoms with Crippen LogP contribution in [0, 0.1) is 5.41 Å². The molecule has 3 fully saturated rings. The number of ether oxygens (including phenoxy) is 3. The summed E-state index contributed by atoms with van der Waals surface area (Å²) < 4.78 is 17.5. The van der Waals surface area contributed by atoms with Gasteiger partial charge in [-0.05, 0) is 51.9 Å². The highest BCUT2D eigenvalue weighted by molar-refractivity contribution is 5.69. The minimum Gasteiger partial charge on any atom is -0.465 e. The van der Waals surface area contributed by atoms with Crippen LogP contribution in [0.15, 0.2) is 0 Å². The fourth-order valence-electron chi connectivity index (χ4n) is 4.17. The van der Waals surface area contributed by atoms with Gasteiger partial charge in [-0.1, -0.05) is 6.92 Å². The van der Waals surface area contributed by atoms with Gasteiger partial charge in [-0.15, -0.1) is 0 Å². The zero-order chi connectivity index (χ0) is 20.7. The summed E-state index contributed by atoms with van der Waals surface area (Å²) in [6, 6.07) is -0.320. The van der Waals surface area contributed by atoms with Gasteiger partial charge in [-0.2, -0.15) is 0 Å². The van der Waals surface area contributed by atoms with E-state index < -0.39 is 11.7 Å². The fourth-order valence-corrected chi connectivity index (χ4v) is 4.17. The van der Waals surface area contributed by atoms with Crippen LogP contribution >= 0.6 is 0 Å². The van der Waals surface area contributed by atoms with Gasteiger partial charge in [0.1, 0.15) is 5.60 Å². The number of likely N-dealkylation sites (tertiary alicyclic amines) is 2. The van der Waals surface area contributed by atoms with E-state index in [4.69, 9.17) is 14.2 Å². The van der Waals surface area contributed by atoms with Crippen molar-refractivity contribution in [3.05, 3.63) is 0 Å². The molecule has 0 radical (unpaired) electrons. The number of carbonyl (C=O) groups excluding carboxylic acids is 1. The number of nitrogens with zero attached hydrogens (tertiary/aromatic N) is 2. The van der Waals surface area contributed by atoms with Gasteiger partial charge < -0.3 is 29.1 Å². The molecule has 2 saturated heterocycles. The van der Waals surface area contributed by atoms with E-state index in [0.717, 1.165) is 25.7 Å². The van der Waals surface area contributed by atoms with Crippen molar-refractivity contribution in [3.63, 3.8) is 0 Å². The van der Waals surface area contributed by atoms with Crippen molar-refractivity contribution in [2.24, 2.45) is 5.41 Å². The lowest BCUT2D eigenvalue weighted by atomic mass is 9.85. The Hall–Kier alpha value is -1.54. The molecule has 3 unspecified atom stereocenters. The molecule has 0 spiro atoms. The topological polar surface area (TPSA) is 88.5 Å². The van der Waals surface area contributed by atoms with Crippen molar-refractivity contribution in [1.29, 1.82) is 0 Å². The van der Waals surface area contributed by atoms with E-state index in [-0.39, 0.29) is 35.9 Å². The molecule has 3 aliphatic rings. The van der Waals surface area contributed by atoms with E-state index in [1.54, 1.807) is 12.0 Å². The number of rotatable bonds is 5. The molecule has 0 aromatic carbocycles. The third kappa shape index (κ3) is 4.54. The lowest BCUT2D eigenvalue weighted by molar-refractivity contribution is -0.159. The molecule has 8 nitrogen and oxygen atoms in total. The Kier molecular flexibility index (Phi) is 5.83. The number of hydrogen-bond donors (Lipinski definition) is 1. The van der Waals surface area contributed by atoms with Crippen molar-refractivity contribution in [2.45, 2.75) is 83.3 Å². The molecule has 160 valence electrons. The van der Waals surface area contributed by atoms with Gasteiger partial charge in [-0.3, -0.25) is 0 Å². The maximum absolute atomic E-state index is 12.2. The second kappa shape index (κ2) is 7.71. The van der Waals surface area contributed by atoms with Crippen LogP contribution in [0.2, 0.25) is 0 Å². The molecular weight excluding hydrogens is 364 g/mol. The quantitative estimate of drug-likeness (QED) is 0.766. The van der Waals surface area contributed by atoms with Gasteiger partial charge in [0.15, 0.2) is 0 Å². The van der Waals surface area contributed by atoms with Crippen LogP contribution in [0.3, 0.4) is 0 Å². The predicted molar refractivity (Wildman–Crippen MR) is 102 cm³/mol. The van der Waals surface area contributed by atoms with Gasteiger partial charge in [0, 0.05) is 13.7 Å². The minimum atomic E-state index is -0.923. The van der Waals surface area contributed by atoms with E-state index in [0.29, 0.717) is 19.6 Å². The lowest BCUT2D eigenvalue weighted by Gasteiger charge is -2.48. The SMILES string of the molecule is COC1CCCN(C(=O)O)C1C(OC1CN(C(=O)OC(C)(C)C)C1)C1(C)CC1. The van der Waals surface area contributed by atoms with Gasteiger partial charge in [0.05, 0.1) is 37.4 Å². The smallest absolute Gasteiger partial charge is 0.410 e. The summed E-state index contributed by atoms with van der Waals surface area (Å²) in [4.78, 5) is 27.2. The first-order valence-corrected chi connectivity index (χ1v) is 10.2. The van der Waals surface area contributed by atoms with E-state index in [1.807, 2.05) is 20.8 Å². The van der Waals surface area contributed by atoms with Gasteiger partial charge in [-0.25, -0.2) is 9.59 Å². The van der Waals surface area contributed by atoms with E-state index in [1.165, 1.54) is 4.90 Å². The van der Waals surface area contributed by atoms with Crippen LogP contribution in [0.5, 0.6) is 0 Å². The standard InChI is InChI=1S/C20H34N2O6/c1-19(2,3)28-18(25)21-11-13(12-21)27-16(20(4)8-9-20)15-14(26-5)7-6-10-22(15)17(23)24/h13-16H,6-12H2,1-5H3,(H,23,24). The number of carbonyl (C=O) groups is 2. The van der Waals surface area contributed by atoms with Crippen LogP contribution in [0.1, 0.15) is 53.4 Å². The third-order valence-electron chi connectivity index (χ3n) is 6.05. The molecule has 1 saturated carbocycles. The lowest BCUT2D eigenvalue weighted by Crippen LogP contribution is -2.63. The Bertz CT molecular complexity index is 594. The molecule has 1 aliphatic carbocycles. The van der Waals surface area contributed by atoms with E-state index >= 15 is 0 Å². The third-order valence-corrected chi connectivity index (χ3v) is 6.05. The molecule has 2 aliphatic heterocycles. The van der Waals surface area contributed by atoms with Crippen LogP contribution in [-0.4, -0.2) is 83.8 Å². The maximum atomic E-state index is 12.2. The molecule has 2 heterocycles. The molecule has 3 rings (SSSR count). The molecule has 0 aromatic rings. The molecule has 3 atom stereocenters. The van der Waals surface area contributed by atoms with E-state index in [9.17, 15) is 14.7 Å². The first-order chi connectivity index (χ1) is 13.0. The first kappa shape index (κ1) is 21.2. The summed E-state index contributed by atoms with van der Waals surface area (Å²) >= 11 is 0. The largest absolute Gasteiger partial charge is 0.465 e. The normalized spacial score (nSPS) is 28.5. The monoisotopic (exact) mass is 398 g/mol. The molecule has 28 heavy (non-hydrogen) atoms. The van der Waals surface area contributed by atoms with Crippen LogP contribution in [0.4, 0.5) is 9.59 Å². The number of hydrogen-bond acceptors (Lipinski definition) is 5. The fraction of sp³-hybridized carbons (Fsp3) is 0.900. The number of carboxylic acid groups (broad SMARTS) is 1. The summed E-state index contributed by atoms with van der Waals surface area (Å²) in [5.74, 6) is 0. The van der Waals surface area contributed by atoms with Gasteiger partial charge in [0.2, 0.25) is 0 Å². The van der Waals surface area contributed by atoms with Crippen LogP contribution in [-0.2, 0) is 14.2 Å². The number of amides is 2. The highest BCUT2D eigenvalue weighted by Crippen LogP contribution is 2.52. The zero-order valence-electron chi connectivity index (χ0n) is 17.6.